The zero-order chi connectivity index (χ0) is 31.8. The molecule has 0 radical (unpaired) electrons. The number of nitrogens with zero attached hydrogens (tertiary/aromatic N) is 3. The minimum Gasteiger partial charge on any atom is -0.467 e. The average Bonchev–Trinajstić information content (AvgIpc) is 2.99. The van der Waals surface area contributed by atoms with Gasteiger partial charge in [-0.2, -0.15) is 0 Å². The molecule has 2 saturated heterocycles. The number of unbranched alkanes of at least 4 members (excludes halogenated alkanes) is 3. The molecule has 248 valence electrons. The molecule has 0 aliphatic carbocycles. The van der Waals surface area contributed by atoms with Crippen molar-refractivity contribution in [1.82, 2.24) is 0 Å². The van der Waals surface area contributed by atoms with E-state index in [1.54, 1.807) is 0 Å². The molecule has 0 aromatic rings. The molecule has 0 bridgehead atoms. The Hall–Kier alpha value is -2.07. The Balaban J connectivity index is 2.50. The largest absolute Gasteiger partial charge is 0.467 e. The van der Waals surface area contributed by atoms with Crippen LogP contribution in [0.2, 0.25) is 0 Å². The molecule has 0 aromatic carbocycles. The molecule has 2 heterocycles. The number of azide groups is 1. The smallest absolute Gasteiger partial charge is 0.337 e. The highest BCUT2D eigenvalue weighted by Gasteiger charge is 2.54. The van der Waals surface area contributed by atoms with Gasteiger partial charge in [0.05, 0.1) is 13.2 Å². The number of hydrogen-bond donors (Lipinski definition) is 1. The van der Waals surface area contributed by atoms with Gasteiger partial charge in [-0.1, -0.05) is 45.1 Å². The van der Waals surface area contributed by atoms with Crippen LogP contribution in [0.1, 0.15) is 66.2 Å². The minimum absolute atomic E-state index is 0.265. The molecule has 2 fully saturated rings. The van der Waals surface area contributed by atoms with Gasteiger partial charge in [-0.05, 0) is 24.8 Å². The average molecular weight is 620 g/mol. The summed E-state index contributed by atoms with van der Waals surface area (Å²) in [6, 6.07) is -1.01. The van der Waals surface area contributed by atoms with E-state index in [0.29, 0.717) is 26.1 Å². The lowest BCUT2D eigenvalue weighted by Gasteiger charge is -2.48. The van der Waals surface area contributed by atoms with Gasteiger partial charge in [0.25, 0.3) is 0 Å². The molecule has 2 aliphatic rings. The van der Waals surface area contributed by atoms with Gasteiger partial charge in [0.15, 0.2) is 18.7 Å². The number of hydrogen-bond acceptors (Lipinski definition) is 13. The number of carbonyl (C=O) groups is 2. The van der Waals surface area contributed by atoms with E-state index < -0.39 is 73.3 Å². The Morgan fingerprint density at radius 2 is 1.44 bits per heavy atom. The van der Waals surface area contributed by atoms with E-state index in [9.17, 15) is 20.2 Å². The molecule has 0 saturated carbocycles. The number of aliphatic hydroxyl groups excluding tert-OH is 1. The monoisotopic (exact) mass is 619 g/mol. The second-order valence-corrected chi connectivity index (χ2v) is 10.4. The first kappa shape index (κ1) is 37.1. The van der Waals surface area contributed by atoms with Crippen molar-refractivity contribution in [3.05, 3.63) is 10.4 Å². The molecule has 5 unspecified atom stereocenters. The number of ether oxygens (including phenoxy) is 9. The summed E-state index contributed by atoms with van der Waals surface area (Å²) in [6.45, 7) is 7.86. The second-order valence-electron chi connectivity index (χ2n) is 10.4. The Kier molecular flexibility index (Phi) is 17.3. The highest BCUT2D eigenvalue weighted by Crippen LogP contribution is 2.34. The summed E-state index contributed by atoms with van der Waals surface area (Å²) in [5.41, 5.74) is 9.33. The normalized spacial score (nSPS) is 32.5. The molecule has 1 N–H and O–H groups in total. The van der Waals surface area contributed by atoms with Gasteiger partial charge in [-0.15, -0.1) is 0 Å². The van der Waals surface area contributed by atoms with Crippen LogP contribution in [0, 0.1) is 0 Å². The number of carbonyl (C=O) groups excluding carboxylic acids is 2. The molecule has 15 heteroatoms. The number of rotatable bonds is 19. The summed E-state index contributed by atoms with van der Waals surface area (Å²) >= 11 is 0. The molecule has 10 atom stereocenters. The zero-order valence-corrected chi connectivity index (χ0v) is 26.1. The van der Waals surface area contributed by atoms with Crippen molar-refractivity contribution in [1.29, 1.82) is 0 Å². The predicted molar refractivity (Wildman–Crippen MR) is 151 cm³/mol. The molecule has 0 spiro atoms. The summed E-state index contributed by atoms with van der Waals surface area (Å²) in [6.07, 6.45) is -5.64. The molecule has 2 rings (SSSR count). The fourth-order valence-corrected chi connectivity index (χ4v) is 4.82. The Morgan fingerprint density at radius 3 is 1.95 bits per heavy atom. The van der Waals surface area contributed by atoms with Crippen molar-refractivity contribution in [2.75, 3.05) is 40.6 Å². The Morgan fingerprint density at radius 1 is 0.860 bits per heavy atom. The molecular weight excluding hydrogens is 570 g/mol. The molecule has 2 aliphatic heterocycles. The molecule has 43 heavy (non-hydrogen) atoms. The number of aliphatic hydroxyl groups is 1. The van der Waals surface area contributed by atoms with Crippen LogP contribution < -0.4 is 0 Å². The first-order chi connectivity index (χ1) is 20.8. The predicted octanol–water partition coefficient (Wildman–Crippen LogP) is 2.80. The first-order valence-electron chi connectivity index (χ1n) is 15.0. The van der Waals surface area contributed by atoms with Crippen LogP contribution in [0.5, 0.6) is 0 Å². The van der Waals surface area contributed by atoms with Gasteiger partial charge >= 0.3 is 11.9 Å². The van der Waals surface area contributed by atoms with E-state index in [2.05, 4.69) is 10.0 Å². The molecule has 15 nitrogen and oxygen atoms in total. The summed E-state index contributed by atoms with van der Waals surface area (Å²) in [4.78, 5) is 27.6. The highest BCUT2D eigenvalue weighted by molar-refractivity contribution is 5.75. The summed E-state index contributed by atoms with van der Waals surface area (Å²) < 4.78 is 52.3. The SMILES string of the molecule is CCCCOC1[C@@H](OC2OC(C(=O)OC)[C@@H](OCCCC)[C@@H](OCCCC)C2O)C(COC(C)=O)O[C@@H](OC)[C@H]1N=[N+]=[N-]. The first-order valence-corrected chi connectivity index (χ1v) is 15.0. The van der Waals surface area contributed by atoms with Crippen LogP contribution in [0.3, 0.4) is 0 Å². The Bertz CT molecular complexity index is 876. The maximum absolute atomic E-state index is 12.9. The van der Waals surface area contributed by atoms with Crippen molar-refractivity contribution in [2.45, 2.75) is 128 Å². The fourth-order valence-electron chi connectivity index (χ4n) is 4.82. The topological polar surface area (TPSA) is 186 Å². The molecular formula is C28H49N3O12. The highest BCUT2D eigenvalue weighted by atomic mass is 16.7. The third-order valence-corrected chi connectivity index (χ3v) is 7.15. The van der Waals surface area contributed by atoms with Crippen molar-refractivity contribution < 1.29 is 57.3 Å². The van der Waals surface area contributed by atoms with Gasteiger partial charge in [0.2, 0.25) is 0 Å². The lowest BCUT2D eigenvalue weighted by atomic mass is 9.95. The maximum atomic E-state index is 12.9. The van der Waals surface area contributed by atoms with Gasteiger partial charge in [0.1, 0.15) is 43.2 Å². The third kappa shape index (κ3) is 10.8. The zero-order valence-electron chi connectivity index (χ0n) is 26.1. The summed E-state index contributed by atoms with van der Waals surface area (Å²) in [5.74, 6) is -1.29. The maximum Gasteiger partial charge on any atom is 0.337 e. The van der Waals surface area contributed by atoms with Crippen LogP contribution in [0.15, 0.2) is 5.11 Å². The van der Waals surface area contributed by atoms with Gasteiger partial charge < -0.3 is 47.7 Å². The van der Waals surface area contributed by atoms with Gasteiger partial charge in [0, 0.05) is 38.8 Å². The van der Waals surface area contributed by atoms with Crippen LogP contribution in [-0.2, 0) is 52.2 Å². The van der Waals surface area contributed by atoms with E-state index in [-0.39, 0.29) is 13.2 Å². The fraction of sp³-hybridized carbons (Fsp3) is 0.929. The van der Waals surface area contributed by atoms with Crippen LogP contribution in [-0.4, -0.2) is 119 Å². The molecule has 0 amide bonds. The van der Waals surface area contributed by atoms with Crippen molar-refractivity contribution in [2.24, 2.45) is 5.11 Å². The van der Waals surface area contributed by atoms with Crippen molar-refractivity contribution in [3.8, 4) is 0 Å². The number of methoxy groups -OCH3 is 2. The standard InChI is InChI=1S/C28H49N3O12/c1-7-10-13-37-22-19(30-31-29)27(36-6)41-18(16-40-17(4)32)21(22)42-28-20(33)23(38-14-11-8-2)24(39-15-12-9-3)25(43-28)26(34)35-5/h18-25,27-28,33H,7-16H2,1-6H3/t18?,19-,20?,21-,22?,23-,24-,25?,27+,28?/m0/s1. The lowest BCUT2D eigenvalue weighted by molar-refractivity contribution is -0.349. The summed E-state index contributed by atoms with van der Waals surface area (Å²) in [5, 5.41) is 15.4. The van der Waals surface area contributed by atoms with Gasteiger partial charge in [-0.25, -0.2) is 4.79 Å². The summed E-state index contributed by atoms with van der Waals surface area (Å²) in [7, 11) is 2.60. The lowest BCUT2D eigenvalue weighted by Crippen LogP contribution is -2.66. The van der Waals surface area contributed by atoms with Crippen LogP contribution in [0.25, 0.3) is 10.4 Å². The van der Waals surface area contributed by atoms with Crippen molar-refractivity contribution >= 4 is 11.9 Å². The molecule has 0 aromatic heterocycles. The Labute approximate surface area is 253 Å². The van der Waals surface area contributed by atoms with Crippen LogP contribution >= 0.6 is 0 Å². The van der Waals surface area contributed by atoms with Crippen molar-refractivity contribution in [3.63, 3.8) is 0 Å². The number of esters is 2. The van der Waals surface area contributed by atoms with E-state index >= 15 is 0 Å². The van der Waals surface area contributed by atoms with E-state index in [1.165, 1.54) is 21.1 Å². The van der Waals surface area contributed by atoms with E-state index in [0.717, 1.165) is 25.7 Å². The van der Waals surface area contributed by atoms with E-state index in [1.807, 2.05) is 20.8 Å². The van der Waals surface area contributed by atoms with Gasteiger partial charge in [-0.3, -0.25) is 4.79 Å². The van der Waals surface area contributed by atoms with E-state index in [4.69, 9.17) is 42.6 Å². The second kappa shape index (κ2) is 20.1. The quantitative estimate of drug-likeness (QED) is 0.0734. The minimum atomic E-state index is -1.46. The van der Waals surface area contributed by atoms with Crippen LogP contribution in [0.4, 0.5) is 0 Å². The third-order valence-electron chi connectivity index (χ3n) is 7.15.